The summed E-state index contributed by atoms with van der Waals surface area (Å²) >= 11 is 0. The highest BCUT2D eigenvalue weighted by molar-refractivity contribution is 7.89. The average Bonchev–Trinajstić information content (AvgIpc) is 2.66. The summed E-state index contributed by atoms with van der Waals surface area (Å²) in [4.78, 5) is 13.5. The maximum atomic E-state index is 12.4. The number of carbonyl (C=O) groups is 1. The van der Waals surface area contributed by atoms with Gasteiger partial charge in [0.2, 0.25) is 15.9 Å². The number of hydrogen-bond donors (Lipinski definition) is 2. The van der Waals surface area contributed by atoms with Crippen LogP contribution in [0.1, 0.15) is 22.8 Å². The Morgan fingerprint density at radius 1 is 1.38 bits per heavy atom. The summed E-state index contributed by atoms with van der Waals surface area (Å²) in [6.07, 6.45) is 0. The van der Waals surface area contributed by atoms with Crippen LogP contribution in [0.3, 0.4) is 0 Å². The zero-order valence-corrected chi connectivity index (χ0v) is 13.3. The summed E-state index contributed by atoms with van der Waals surface area (Å²) in [6.45, 7) is 5.27. The summed E-state index contributed by atoms with van der Waals surface area (Å²) in [5.41, 5.74) is 6.16. The van der Waals surface area contributed by atoms with Crippen molar-refractivity contribution in [2.24, 2.45) is 11.7 Å². The Morgan fingerprint density at radius 3 is 2.57 bits per heavy atom. The van der Waals surface area contributed by atoms with Crippen molar-refractivity contribution in [3.63, 3.8) is 0 Å². The number of hydrogen-bond acceptors (Lipinski definition) is 4. The van der Waals surface area contributed by atoms with Crippen LogP contribution in [-0.2, 0) is 10.0 Å². The van der Waals surface area contributed by atoms with Gasteiger partial charge in [-0.3, -0.25) is 4.79 Å². The molecule has 0 aliphatic carbocycles. The smallest absolute Gasteiger partial charge is 0.249 e. The molecule has 1 aromatic carbocycles. The lowest BCUT2D eigenvalue weighted by Gasteiger charge is -2.17. The molecule has 0 bridgehead atoms. The molecule has 3 N–H and O–H groups in total. The molecule has 1 heterocycles. The van der Waals surface area contributed by atoms with Gasteiger partial charge in [0.15, 0.2) is 0 Å². The number of sulfonamides is 1. The van der Waals surface area contributed by atoms with E-state index in [-0.39, 0.29) is 22.4 Å². The minimum Gasteiger partial charge on any atom is -0.366 e. The largest absolute Gasteiger partial charge is 0.366 e. The van der Waals surface area contributed by atoms with E-state index in [9.17, 15) is 13.2 Å². The second-order valence-electron chi connectivity index (χ2n) is 5.77. The van der Waals surface area contributed by atoms with Gasteiger partial charge in [0, 0.05) is 24.7 Å². The van der Waals surface area contributed by atoms with E-state index in [2.05, 4.69) is 9.62 Å². The standard InChI is InChI=1S/C14H21N3O3S/c1-9-4-5-11(6-12(9)14(15)18)21(19,20)16-13-8-17(3)7-10(13)2/h4-6,10,13,16H,7-8H2,1-3H3,(H2,15,18)/t10-,13+/m1/s1. The molecule has 2 atom stereocenters. The van der Waals surface area contributed by atoms with Crippen molar-refractivity contribution in [3.8, 4) is 0 Å². The van der Waals surface area contributed by atoms with Crippen LogP contribution in [-0.4, -0.2) is 45.4 Å². The van der Waals surface area contributed by atoms with E-state index in [1.54, 1.807) is 13.0 Å². The SMILES string of the molecule is Cc1ccc(S(=O)(=O)N[C@H]2CN(C)C[C@H]2C)cc1C(N)=O. The van der Waals surface area contributed by atoms with Crippen LogP contribution >= 0.6 is 0 Å². The Labute approximate surface area is 125 Å². The highest BCUT2D eigenvalue weighted by Crippen LogP contribution is 2.19. The van der Waals surface area contributed by atoms with Gasteiger partial charge < -0.3 is 10.6 Å². The highest BCUT2D eigenvalue weighted by atomic mass is 32.2. The van der Waals surface area contributed by atoms with Crippen LogP contribution < -0.4 is 10.5 Å². The number of likely N-dealkylation sites (tertiary alicyclic amines) is 1. The molecule has 1 fully saturated rings. The molecule has 21 heavy (non-hydrogen) atoms. The molecule has 7 heteroatoms. The second kappa shape index (κ2) is 5.75. The molecular weight excluding hydrogens is 290 g/mol. The van der Waals surface area contributed by atoms with E-state index < -0.39 is 15.9 Å². The summed E-state index contributed by atoms with van der Waals surface area (Å²) in [6, 6.07) is 4.30. The fourth-order valence-corrected chi connectivity index (χ4v) is 4.03. The number of amides is 1. The molecule has 6 nitrogen and oxygen atoms in total. The van der Waals surface area contributed by atoms with Crippen molar-refractivity contribution in [1.82, 2.24) is 9.62 Å². The molecule has 1 saturated heterocycles. The van der Waals surface area contributed by atoms with Gasteiger partial charge in [-0.2, -0.15) is 0 Å². The van der Waals surface area contributed by atoms with Crippen LogP contribution in [0.25, 0.3) is 0 Å². The lowest BCUT2D eigenvalue weighted by atomic mass is 10.1. The Balaban J connectivity index is 2.28. The minimum atomic E-state index is -3.66. The zero-order valence-electron chi connectivity index (χ0n) is 12.5. The molecule has 0 unspecified atom stereocenters. The number of aryl methyl sites for hydroxylation is 1. The second-order valence-corrected chi connectivity index (χ2v) is 7.48. The number of benzene rings is 1. The predicted octanol–water partition coefficient (Wildman–Crippen LogP) is 0.322. The summed E-state index contributed by atoms with van der Waals surface area (Å²) in [5.74, 6) is -0.385. The topological polar surface area (TPSA) is 92.5 Å². The Morgan fingerprint density at radius 2 is 2.05 bits per heavy atom. The van der Waals surface area contributed by atoms with Gasteiger partial charge in [0.05, 0.1) is 4.90 Å². The van der Waals surface area contributed by atoms with Crippen LogP contribution in [0.15, 0.2) is 23.1 Å². The molecular formula is C14H21N3O3S. The van der Waals surface area contributed by atoms with Crippen molar-refractivity contribution in [3.05, 3.63) is 29.3 Å². The molecule has 1 aliphatic rings. The van der Waals surface area contributed by atoms with E-state index in [4.69, 9.17) is 5.73 Å². The van der Waals surface area contributed by atoms with E-state index >= 15 is 0 Å². The third-order valence-corrected chi connectivity index (χ3v) is 5.37. The number of carbonyl (C=O) groups excluding carboxylic acids is 1. The zero-order chi connectivity index (χ0) is 15.8. The maximum absolute atomic E-state index is 12.4. The fraction of sp³-hybridized carbons (Fsp3) is 0.500. The molecule has 1 aliphatic heterocycles. The first-order chi connectivity index (χ1) is 9.70. The van der Waals surface area contributed by atoms with Gasteiger partial charge in [-0.05, 0) is 37.6 Å². The van der Waals surface area contributed by atoms with E-state index in [0.29, 0.717) is 12.1 Å². The first-order valence-corrected chi connectivity index (χ1v) is 8.30. The summed E-state index contributed by atoms with van der Waals surface area (Å²) in [7, 11) is -1.70. The Bertz CT molecular complexity index is 657. The molecule has 1 amide bonds. The third kappa shape index (κ3) is 3.42. The van der Waals surface area contributed by atoms with Gasteiger partial charge in [0.25, 0.3) is 0 Å². The molecule has 0 radical (unpaired) electrons. The van der Waals surface area contributed by atoms with Crippen molar-refractivity contribution in [1.29, 1.82) is 0 Å². The van der Waals surface area contributed by atoms with Crippen LogP contribution in [0.5, 0.6) is 0 Å². The Kier molecular flexibility index (Phi) is 4.36. The van der Waals surface area contributed by atoms with Crippen molar-refractivity contribution in [2.75, 3.05) is 20.1 Å². The average molecular weight is 311 g/mol. The number of rotatable bonds is 4. The van der Waals surface area contributed by atoms with Gasteiger partial charge in [-0.15, -0.1) is 0 Å². The number of primary amides is 1. The monoisotopic (exact) mass is 311 g/mol. The maximum Gasteiger partial charge on any atom is 0.249 e. The van der Waals surface area contributed by atoms with Crippen molar-refractivity contribution < 1.29 is 13.2 Å². The quantitative estimate of drug-likeness (QED) is 0.837. The number of nitrogens with zero attached hydrogens (tertiary/aromatic N) is 1. The molecule has 1 aromatic rings. The number of nitrogens with one attached hydrogen (secondary N) is 1. The predicted molar refractivity (Wildman–Crippen MR) is 80.5 cm³/mol. The molecule has 2 rings (SSSR count). The molecule has 0 saturated carbocycles. The normalized spacial score (nSPS) is 23.4. The summed E-state index contributed by atoms with van der Waals surface area (Å²) < 4.78 is 27.6. The van der Waals surface area contributed by atoms with E-state index in [1.165, 1.54) is 12.1 Å². The first-order valence-electron chi connectivity index (χ1n) is 6.82. The Hall–Kier alpha value is -1.44. The molecule has 0 aromatic heterocycles. The van der Waals surface area contributed by atoms with Crippen LogP contribution in [0.2, 0.25) is 0 Å². The lowest BCUT2D eigenvalue weighted by molar-refractivity contribution is 0.0999. The fourth-order valence-electron chi connectivity index (χ4n) is 2.66. The van der Waals surface area contributed by atoms with E-state index in [0.717, 1.165) is 6.54 Å². The van der Waals surface area contributed by atoms with Crippen molar-refractivity contribution in [2.45, 2.75) is 24.8 Å². The van der Waals surface area contributed by atoms with Gasteiger partial charge in [-0.1, -0.05) is 13.0 Å². The number of nitrogens with two attached hydrogens (primary N) is 1. The van der Waals surface area contributed by atoms with Crippen LogP contribution in [0, 0.1) is 12.8 Å². The van der Waals surface area contributed by atoms with Gasteiger partial charge in [0.1, 0.15) is 0 Å². The van der Waals surface area contributed by atoms with Gasteiger partial charge >= 0.3 is 0 Å². The lowest BCUT2D eigenvalue weighted by Crippen LogP contribution is -2.39. The van der Waals surface area contributed by atoms with Crippen LogP contribution in [0.4, 0.5) is 0 Å². The third-order valence-electron chi connectivity index (χ3n) is 3.89. The minimum absolute atomic E-state index is 0.0728. The molecule has 116 valence electrons. The highest BCUT2D eigenvalue weighted by Gasteiger charge is 2.31. The van der Waals surface area contributed by atoms with Crippen molar-refractivity contribution >= 4 is 15.9 Å². The summed E-state index contributed by atoms with van der Waals surface area (Å²) in [5, 5.41) is 0. The number of likely N-dealkylation sites (N-methyl/N-ethyl adjacent to an activating group) is 1. The van der Waals surface area contributed by atoms with Gasteiger partial charge in [-0.25, -0.2) is 13.1 Å². The van der Waals surface area contributed by atoms with E-state index in [1.807, 2.05) is 14.0 Å². The first kappa shape index (κ1) is 15.9. The molecule has 0 spiro atoms.